The molecule has 2 unspecified atom stereocenters. The molecule has 17 heteroatoms. The maximum atomic E-state index is 15.1. The van der Waals surface area contributed by atoms with Crippen LogP contribution in [-0.2, 0) is 42.2 Å². The van der Waals surface area contributed by atoms with Crippen LogP contribution in [0.4, 0.5) is 13.6 Å². The zero-order valence-electron chi connectivity index (χ0n) is 34.2. The van der Waals surface area contributed by atoms with Crippen molar-refractivity contribution in [3.8, 4) is 5.75 Å². The van der Waals surface area contributed by atoms with Gasteiger partial charge in [-0.2, -0.15) is 4.39 Å². The van der Waals surface area contributed by atoms with E-state index in [1.54, 1.807) is 16.8 Å². The lowest BCUT2D eigenvalue weighted by atomic mass is 9.83. The molecule has 0 radical (unpaired) electrons. The van der Waals surface area contributed by atoms with Crippen LogP contribution in [0, 0.1) is 17.6 Å². The average Bonchev–Trinajstić information content (AvgIpc) is 3.58. The van der Waals surface area contributed by atoms with Crippen molar-refractivity contribution in [2.45, 2.75) is 57.7 Å². The Labute approximate surface area is 343 Å². The zero-order valence-corrected chi connectivity index (χ0v) is 34.2. The third-order valence-electron chi connectivity index (χ3n) is 10.9. The SMILES string of the molecule is CC(C(=O)NC(C(=O)N1CCN(C(=O)c2cc3c(OCCOCCOCCOCCOCc4ccccc4)c(F)c(F)cc3n2C)CC1)C1CCCCC1)N(C)C(=O)O. The number of halogens is 2. The predicted molar refractivity (Wildman–Crippen MR) is 213 cm³/mol. The van der Waals surface area contributed by atoms with Crippen molar-refractivity contribution in [2.75, 3.05) is 86.1 Å². The number of carbonyl (C=O) groups is 4. The number of carboxylic acid groups (broad SMARTS) is 1. The van der Waals surface area contributed by atoms with Crippen molar-refractivity contribution in [3.63, 3.8) is 0 Å². The number of hydrogen-bond donors (Lipinski definition) is 2. The van der Waals surface area contributed by atoms with Crippen LogP contribution in [0.5, 0.6) is 5.75 Å². The summed E-state index contributed by atoms with van der Waals surface area (Å²) in [5.74, 6) is -3.90. The molecular weight excluding hydrogens is 772 g/mol. The van der Waals surface area contributed by atoms with E-state index in [-0.39, 0.29) is 86.1 Å². The highest BCUT2D eigenvalue weighted by Gasteiger charge is 2.37. The molecule has 1 saturated carbocycles. The molecule has 3 aromatic rings. The molecule has 59 heavy (non-hydrogen) atoms. The average molecular weight is 830 g/mol. The number of nitrogens with one attached hydrogen (secondary N) is 1. The van der Waals surface area contributed by atoms with E-state index in [2.05, 4.69) is 5.32 Å². The summed E-state index contributed by atoms with van der Waals surface area (Å²) in [5.41, 5.74) is 1.56. The van der Waals surface area contributed by atoms with Gasteiger partial charge >= 0.3 is 6.09 Å². The number of carbonyl (C=O) groups excluding carboxylic acids is 3. The molecule has 5 rings (SSSR count). The van der Waals surface area contributed by atoms with Gasteiger partial charge in [-0.1, -0.05) is 49.6 Å². The van der Waals surface area contributed by atoms with Crippen LogP contribution in [0.1, 0.15) is 55.1 Å². The molecule has 15 nitrogen and oxygen atoms in total. The molecule has 0 spiro atoms. The third kappa shape index (κ3) is 12.3. The fraction of sp³-hybridized carbons (Fsp3) is 0.571. The Morgan fingerprint density at radius 3 is 2.02 bits per heavy atom. The van der Waals surface area contributed by atoms with Crippen LogP contribution >= 0.6 is 0 Å². The van der Waals surface area contributed by atoms with Gasteiger partial charge in [0.15, 0.2) is 11.6 Å². The van der Waals surface area contributed by atoms with Gasteiger partial charge in [-0.05, 0) is 37.3 Å². The second kappa shape index (κ2) is 22.5. The number of rotatable bonds is 21. The van der Waals surface area contributed by atoms with Crippen molar-refractivity contribution < 1.29 is 56.7 Å². The number of hydrogen-bond acceptors (Lipinski definition) is 9. The Morgan fingerprint density at radius 1 is 0.831 bits per heavy atom. The second-order valence-corrected chi connectivity index (χ2v) is 14.8. The normalized spacial score (nSPS) is 15.9. The minimum atomic E-state index is -1.25. The fourth-order valence-electron chi connectivity index (χ4n) is 7.31. The maximum absolute atomic E-state index is 15.1. The summed E-state index contributed by atoms with van der Waals surface area (Å²) in [4.78, 5) is 56.4. The molecule has 2 heterocycles. The number of piperazine rings is 1. The third-order valence-corrected chi connectivity index (χ3v) is 10.9. The quantitative estimate of drug-likeness (QED) is 0.147. The molecule has 2 fully saturated rings. The van der Waals surface area contributed by atoms with Gasteiger partial charge in [0.25, 0.3) is 5.91 Å². The van der Waals surface area contributed by atoms with Crippen molar-refractivity contribution in [3.05, 3.63) is 65.4 Å². The zero-order chi connectivity index (χ0) is 42.3. The Balaban J connectivity index is 1.07. The highest BCUT2D eigenvalue weighted by atomic mass is 19.2. The maximum Gasteiger partial charge on any atom is 0.407 e. The van der Waals surface area contributed by atoms with E-state index in [0.29, 0.717) is 39.6 Å². The van der Waals surface area contributed by atoms with E-state index in [4.69, 9.17) is 23.7 Å². The van der Waals surface area contributed by atoms with E-state index >= 15 is 4.39 Å². The highest BCUT2D eigenvalue weighted by molar-refractivity contribution is 6.00. The Hall–Kier alpha value is -4.84. The van der Waals surface area contributed by atoms with Crippen molar-refractivity contribution in [1.29, 1.82) is 0 Å². The highest BCUT2D eigenvalue weighted by Crippen LogP contribution is 2.34. The molecular formula is C42H57F2N5O10. The lowest BCUT2D eigenvalue weighted by Gasteiger charge is -2.39. The first-order chi connectivity index (χ1) is 28.5. The van der Waals surface area contributed by atoms with Crippen LogP contribution in [0.15, 0.2) is 42.5 Å². The van der Waals surface area contributed by atoms with Crippen LogP contribution in [-0.4, -0.2) is 146 Å². The minimum Gasteiger partial charge on any atom is -0.487 e. The summed E-state index contributed by atoms with van der Waals surface area (Å²) in [5, 5.41) is 12.4. The van der Waals surface area contributed by atoms with Crippen molar-refractivity contribution in [2.24, 2.45) is 13.0 Å². The number of fused-ring (bicyclic) bond motifs is 1. The van der Waals surface area contributed by atoms with E-state index < -0.39 is 35.7 Å². The molecule has 324 valence electrons. The van der Waals surface area contributed by atoms with Gasteiger partial charge in [-0.25, -0.2) is 9.18 Å². The number of benzene rings is 2. The Kier molecular flexibility index (Phi) is 17.3. The van der Waals surface area contributed by atoms with Gasteiger partial charge in [-0.15, -0.1) is 0 Å². The fourth-order valence-corrected chi connectivity index (χ4v) is 7.31. The van der Waals surface area contributed by atoms with Crippen LogP contribution < -0.4 is 10.1 Å². The molecule has 2 aromatic carbocycles. The first-order valence-electron chi connectivity index (χ1n) is 20.3. The molecule has 1 saturated heterocycles. The summed E-state index contributed by atoms with van der Waals surface area (Å²) in [6.07, 6.45) is 3.17. The predicted octanol–water partition coefficient (Wildman–Crippen LogP) is 4.45. The summed E-state index contributed by atoms with van der Waals surface area (Å²) in [7, 11) is 2.89. The van der Waals surface area contributed by atoms with Crippen LogP contribution in [0.3, 0.4) is 0 Å². The summed E-state index contributed by atoms with van der Waals surface area (Å²) in [6, 6.07) is 10.6. The molecule has 2 aliphatic rings. The van der Waals surface area contributed by atoms with E-state index in [1.807, 2.05) is 30.3 Å². The second-order valence-electron chi connectivity index (χ2n) is 14.8. The molecule has 4 amide bonds. The summed E-state index contributed by atoms with van der Waals surface area (Å²) >= 11 is 0. The van der Waals surface area contributed by atoms with E-state index in [9.17, 15) is 28.7 Å². The van der Waals surface area contributed by atoms with E-state index in [0.717, 1.165) is 48.6 Å². The van der Waals surface area contributed by atoms with Crippen LogP contribution in [0.2, 0.25) is 0 Å². The van der Waals surface area contributed by atoms with Crippen molar-refractivity contribution >= 4 is 34.7 Å². The number of aromatic nitrogens is 1. The first-order valence-corrected chi connectivity index (χ1v) is 20.3. The smallest absolute Gasteiger partial charge is 0.407 e. The number of ether oxygens (including phenoxy) is 5. The standard InChI is InChI=1S/C42H57F2N5O10/c1-29(46(2)42(53)54)39(50)45-37(31-12-8-5-9-13-31)41(52)49-16-14-48(15-17-49)40(51)35-26-32-34(47(35)3)27-33(43)36(44)38(32)59-25-24-57-21-20-55-18-19-56-22-23-58-28-30-10-6-4-7-11-30/h4,6-7,10-11,26-27,29,31,37H,5,8-9,12-25,28H2,1-3H3,(H,45,50)(H,53,54). The first kappa shape index (κ1) is 45.2. The molecule has 1 aliphatic carbocycles. The van der Waals surface area contributed by atoms with Crippen molar-refractivity contribution in [1.82, 2.24) is 24.6 Å². The topological polar surface area (TPSA) is 161 Å². The number of amides is 4. The Morgan fingerprint density at radius 2 is 1.41 bits per heavy atom. The molecule has 1 aliphatic heterocycles. The van der Waals surface area contributed by atoms with Gasteiger partial charge in [0.2, 0.25) is 17.6 Å². The van der Waals surface area contributed by atoms with Gasteiger partial charge in [-0.3, -0.25) is 19.3 Å². The Bertz CT molecular complexity index is 1850. The summed E-state index contributed by atoms with van der Waals surface area (Å²) in [6.45, 7) is 5.09. The van der Waals surface area contributed by atoms with Crippen LogP contribution in [0.25, 0.3) is 10.9 Å². The minimum absolute atomic E-state index is 0.0762. The molecule has 0 bridgehead atoms. The molecule has 2 atom stereocenters. The van der Waals surface area contributed by atoms with E-state index in [1.165, 1.54) is 24.6 Å². The van der Waals surface area contributed by atoms with Gasteiger partial charge in [0.1, 0.15) is 24.4 Å². The monoisotopic (exact) mass is 829 g/mol. The number of nitrogens with zero attached hydrogens (tertiary/aromatic N) is 4. The lowest BCUT2D eigenvalue weighted by Crippen LogP contribution is -2.59. The number of likely N-dealkylation sites (N-methyl/N-ethyl adjacent to an activating group) is 1. The van der Waals surface area contributed by atoms with Gasteiger partial charge in [0, 0.05) is 51.7 Å². The lowest BCUT2D eigenvalue weighted by molar-refractivity contribution is -0.140. The summed E-state index contributed by atoms with van der Waals surface area (Å²) < 4.78 is 59.2. The molecule has 2 N–H and O–H groups in total. The number of aryl methyl sites for hydroxylation is 1. The van der Waals surface area contributed by atoms with Gasteiger partial charge in [0.05, 0.1) is 58.4 Å². The van der Waals surface area contributed by atoms with Gasteiger partial charge < -0.3 is 48.5 Å². The molecule has 1 aromatic heterocycles. The largest absolute Gasteiger partial charge is 0.487 e.